The van der Waals surface area contributed by atoms with Crippen molar-refractivity contribution in [2.45, 2.75) is 46.1 Å². The summed E-state index contributed by atoms with van der Waals surface area (Å²) in [6.45, 7) is 7.89. The van der Waals surface area contributed by atoms with Crippen LogP contribution < -0.4 is 9.47 Å². The highest BCUT2D eigenvalue weighted by atomic mass is 35.5. The molecule has 0 saturated carbocycles. The maximum absolute atomic E-state index is 11.9. The minimum absolute atomic E-state index is 0.172. The monoisotopic (exact) mass is 518 g/mol. The topological polar surface area (TPSA) is 96.4 Å². The van der Waals surface area contributed by atoms with E-state index in [0.717, 1.165) is 5.56 Å². The standard InChI is InChI=1S/C25H29ClN2O6.C2H6/c1-3-27(16-20(25(31)32)18-5-7-19(26)8-6-18)15-17-4-9-21(22(14-17)33-2)34-13-12-28-23(29)10-11-24(28)30;1-2/h4-9,14,20H,3,10-13,15-16H2,1-2H3,(H,31,32);1-2H3. The molecule has 1 aliphatic rings. The van der Waals surface area contributed by atoms with Crippen molar-refractivity contribution in [1.82, 2.24) is 9.80 Å². The molecular formula is C27H35ClN2O6. The molecule has 1 unspecified atom stereocenters. The second kappa shape index (κ2) is 14.5. The number of carboxylic acids is 1. The number of methoxy groups -OCH3 is 1. The van der Waals surface area contributed by atoms with Crippen molar-refractivity contribution in [2.75, 3.05) is 33.4 Å². The summed E-state index contributed by atoms with van der Waals surface area (Å²) in [7, 11) is 1.54. The third kappa shape index (κ3) is 7.96. The molecule has 0 spiro atoms. The molecular weight excluding hydrogens is 484 g/mol. The van der Waals surface area contributed by atoms with E-state index >= 15 is 0 Å². The summed E-state index contributed by atoms with van der Waals surface area (Å²) < 4.78 is 11.2. The number of likely N-dealkylation sites (tertiary alicyclic amines) is 1. The number of halogens is 1. The Labute approximate surface area is 217 Å². The molecule has 0 radical (unpaired) electrons. The highest BCUT2D eigenvalue weighted by Gasteiger charge is 2.28. The van der Waals surface area contributed by atoms with Gasteiger partial charge in [-0.05, 0) is 41.9 Å². The Morgan fingerprint density at radius 3 is 2.28 bits per heavy atom. The van der Waals surface area contributed by atoms with Crippen LogP contribution in [-0.4, -0.2) is 66.0 Å². The van der Waals surface area contributed by atoms with E-state index in [0.29, 0.717) is 41.7 Å². The largest absolute Gasteiger partial charge is 0.493 e. The molecule has 0 aromatic heterocycles. The molecule has 1 heterocycles. The number of imide groups is 1. The van der Waals surface area contributed by atoms with Gasteiger partial charge < -0.3 is 14.6 Å². The lowest BCUT2D eigenvalue weighted by molar-refractivity contribution is -0.140. The predicted molar refractivity (Wildman–Crippen MR) is 139 cm³/mol. The van der Waals surface area contributed by atoms with E-state index in [1.165, 1.54) is 12.0 Å². The zero-order chi connectivity index (χ0) is 26.7. The molecule has 1 atom stereocenters. The van der Waals surface area contributed by atoms with Crippen molar-refractivity contribution in [3.05, 3.63) is 58.6 Å². The summed E-state index contributed by atoms with van der Waals surface area (Å²) in [6.07, 6.45) is 0.511. The fourth-order valence-electron chi connectivity index (χ4n) is 3.89. The number of hydrogen-bond acceptors (Lipinski definition) is 6. The van der Waals surface area contributed by atoms with Crippen molar-refractivity contribution < 1.29 is 29.0 Å². The number of likely N-dealkylation sites (N-methyl/N-ethyl adjacent to an activating group) is 1. The normalized spacial score (nSPS) is 13.9. The van der Waals surface area contributed by atoms with Crippen LogP contribution in [0.15, 0.2) is 42.5 Å². The Kier molecular flexibility index (Phi) is 11.7. The molecule has 2 amide bonds. The Hall–Kier alpha value is -3.10. The van der Waals surface area contributed by atoms with Crippen LogP contribution in [0.3, 0.4) is 0 Å². The van der Waals surface area contributed by atoms with Gasteiger partial charge in [0.2, 0.25) is 11.8 Å². The van der Waals surface area contributed by atoms with E-state index in [1.807, 2.05) is 37.8 Å². The molecule has 1 saturated heterocycles. The molecule has 3 rings (SSSR count). The number of aliphatic carboxylic acids is 1. The fourth-order valence-corrected chi connectivity index (χ4v) is 4.02. The van der Waals surface area contributed by atoms with Gasteiger partial charge in [-0.15, -0.1) is 0 Å². The quantitative estimate of drug-likeness (QED) is 0.410. The minimum atomic E-state index is -0.892. The maximum atomic E-state index is 11.9. The number of carbonyl (C=O) groups excluding carboxylic acids is 2. The summed E-state index contributed by atoms with van der Waals surface area (Å²) in [5.74, 6) is -0.879. The second-order valence-corrected chi connectivity index (χ2v) is 8.48. The number of ether oxygens (including phenoxy) is 2. The number of rotatable bonds is 12. The van der Waals surface area contributed by atoms with Crippen molar-refractivity contribution in [1.29, 1.82) is 0 Å². The molecule has 2 aromatic rings. The zero-order valence-corrected chi connectivity index (χ0v) is 22.1. The zero-order valence-electron chi connectivity index (χ0n) is 21.3. The highest BCUT2D eigenvalue weighted by Crippen LogP contribution is 2.29. The van der Waals surface area contributed by atoms with Gasteiger partial charge >= 0.3 is 5.97 Å². The molecule has 0 bridgehead atoms. The number of nitrogens with zero attached hydrogens (tertiary/aromatic N) is 2. The average molecular weight is 519 g/mol. The lowest BCUT2D eigenvalue weighted by Gasteiger charge is -2.25. The van der Waals surface area contributed by atoms with Crippen LogP contribution in [0.5, 0.6) is 11.5 Å². The summed E-state index contributed by atoms with van der Waals surface area (Å²) in [5.41, 5.74) is 1.64. The molecule has 1 N–H and O–H groups in total. The summed E-state index contributed by atoms with van der Waals surface area (Å²) in [6, 6.07) is 12.4. The Balaban J connectivity index is 0.00000222. The molecule has 1 fully saturated rings. The van der Waals surface area contributed by atoms with Crippen LogP contribution in [0.25, 0.3) is 0 Å². The first-order valence-corrected chi connectivity index (χ1v) is 12.5. The van der Waals surface area contributed by atoms with Gasteiger partial charge in [-0.3, -0.25) is 24.2 Å². The number of amides is 2. The number of carboxylic acid groups (broad SMARTS) is 1. The van der Waals surface area contributed by atoms with Crippen LogP contribution in [-0.2, 0) is 20.9 Å². The van der Waals surface area contributed by atoms with E-state index < -0.39 is 11.9 Å². The highest BCUT2D eigenvalue weighted by molar-refractivity contribution is 6.30. The van der Waals surface area contributed by atoms with Crippen LogP contribution >= 0.6 is 11.6 Å². The van der Waals surface area contributed by atoms with Gasteiger partial charge in [-0.25, -0.2) is 0 Å². The van der Waals surface area contributed by atoms with Crippen LogP contribution in [0.2, 0.25) is 5.02 Å². The predicted octanol–water partition coefficient (Wildman–Crippen LogP) is 4.59. The van der Waals surface area contributed by atoms with Gasteiger partial charge in [-0.2, -0.15) is 0 Å². The third-order valence-electron chi connectivity index (χ3n) is 5.82. The van der Waals surface area contributed by atoms with Crippen molar-refractivity contribution in [3.63, 3.8) is 0 Å². The van der Waals surface area contributed by atoms with Gasteiger partial charge in [0, 0.05) is 31.0 Å². The average Bonchev–Trinajstić information content (AvgIpc) is 3.21. The second-order valence-electron chi connectivity index (χ2n) is 8.04. The first-order chi connectivity index (χ1) is 17.3. The maximum Gasteiger partial charge on any atom is 0.312 e. The van der Waals surface area contributed by atoms with E-state index in [9.17, 15) is 19.5 Å². The van der Waals surface area contributed by atoms with Crippen LogP contribution in [0, 0.1) is 0 Å². The van der Waals surface area contributed by atoms with Crippen molar-refractivity contribution >= 4 is 29.4 Å². The number of carbonyl (C=O) groups is 3. The Morgan fingerprint density at radius 1 is 1.08 bits per heavy atom. The molecule has 1 aliphatic heterocycles. The molecule has 0 aliphatic carbocycles. The fraction of sp³-hybridized carbons (Fsp3) is 0.444. The molecule has 196 valence electrons. The summed E-state index contributed by atoms with van der Waals surface area (Å²) >= 11 is 5.94. The van der Waals surface area contributed by atoms with E-state index in [1.54, 1.807) is 30.3 Å². The summed E-state index contributed by atoms with van der Waals surface area (Å²) in [5, 5.41) is 10.3. The number of hydrogen-bond donors (Lipinski definition) is 1. The van der Waals surface area contributed by atoms with Gasteiger partial charge in [0.15, 0.2) is 11.5 Å². The van der Waals surface area contributed by atoms with Crippen LogP contribution in [0.4, 0.5) is 0 Å². The van der Waals surface area contributed by atoms with E-state index in [-0.39, 0.29) is 37.8 Å². The summed E-state index contributed by atoms with van der Waals surface area (Å²) in [4.78, 5) is 38.7. The molecule has 8 nitrogen and oxygen atoms in total. The third-order valence-corrected chi connectivity index (χ3v) is 6.07. The smallest absolute Gasteiger partial charge is 0.312 e. The van der Waals surface area contributed by atoms with Crippen molar-refractivity contribution in [2.24, 2.45) is 0 Å². The minimum Gasteiger partial charge on any atom is -0.493 e. The Bertz CT molecular complexity index is 1010. The molecule has 36 heavy (non-hydrogen) atoms. The van der Waals surface area contributed by atoms with Crippen LogP contribution in [0.1, 0.15) is 50.7 Å². The first kappa shape index (κ1) is 29.1. The SMILES string of the molecule is CC.CCN(Cc1ccc(OCCN2C(=O)CCC2=O)c(OC)c1)CC(C(=O)O)c1ccc(Cl)cc1. The lowest BCUT2D eigenvalue weighted by atomic mass is 9.98. The lowest BCUT2D eigenvalue weighted by Crippen LogP contribution is -2.33. The van der Waals surface area contributed by atoms with Gasteiger partial charge in [0.25, 0.3) is 0 Å². The van der Waals surface area contributed by atoms with Gasteiger partial charge in [-0.1, -0.05) is 50.6 Å². The van der Waals surface area contributed by atoms with E-state index in [2.05, 4.69) is 0 Å². The van der Waals surface area contributed by atoms with E-state index in [4.69, 9.17) is 21.1 Å². The number of benzene rings is 2. The van der Waals surface area contributed by atoms with Gasteiger partial charge in [0.05, 0.1) is 19.6 Å². The van der Waals surface area contributed by atoms with Crippen molar-refractivity contribution in [3.8, 4) is 11.5 Å². The Morgan fingerprint density at radius 2 is 1.72 bits per heavy atom. The molecule has 2 aromatic carbocycles. The molecule has 9 heteroatoms. The first-order valence-electron chi connectivity index (χ1n) is 12.2. The van der Waals surface area contributed by atoms with Gasteiger partial charge in [0.1, 0.15) is 6.61 Å².